The van der Waals surface area contributed by atoms with Gasteiger partial charge in [-0.1, -0.05) is 19.3 Å². The van der Waals surface area contributed by atoms with Crippen LogP contribution in [0.4, 0.5) is 11.6 Å². The molecule has 6 nitrogen and oxygen atoms in total. The van der Waals surface area contributed by atoms with Crippen LogP contribution in [0.5, 0.6) is 0 Å². The molecule has 0 unspecified atom stereocenters. The normalized spacial score (nSPS) is 21.7. The van der Waals surface area contributed by atoms with Gasteiger partial charge in [0.15, 0.2) is 5.82 Å². The number of aromatic nitrogens is 4. The summed E-state index contributed by atoms with van der Waals surface area (Å²) in [5.74, 6) is 4.66. The molecule has 7 heteroatoms. The fourth-order valence-electron chi connectivity index (χ4n) is 5.02. The third-order valence-corrected chi connectivity index (χ3v) is 6.63. The van der Waals surface area contributed by atoms with Crippen LogP contribution in [0.1, 0.15) is 82.4 Å². The molecule has 0 N–H and O–H groups in total. The van der Waals surface area contributed by atoms with Gasteiger partial charge in [0.25, 0.3) is 5.78 Å². The summed E-state index contributed by atoms with van der Waals surface area (Å²) in [5, 5.41) is 4.98. The van der Waals surface area contributed by atoms with E-state index in [0.29, 0.717) is 5.92 Å². The van der Waals surface area contributed by atoms with Gasteiger partial charge in [0, 0.05) is 38.2 Å². The highest BCUT2D eigenvalue weighted by Crippen LogP contribution is 2.32. The van der Waals surface area contributed by atoms with Gasteiger partial charge in [-0.2, -0.15) is 14.5 Å². The number of piperidine rings is 2. The molecule has 0 amide bonds. The molecular weight excluding hydrogens is 372 g/mol. The largest absolute Gasteiger partial charge is 0.356 e. The number of anilines is 2. The number of halogens is 1. The van der Waals surface area contributed by atoms with Crippen molar-refractivity contribution in [2.45, 2.75) is 76.5 Å². The van der Waals surface area contributed by atoms with Crippen LogP contribution in [0.15, 0.2) is 6.07 Å². The zero-order chi connectivity index (χ0) is 18.1. The summed E-state index contributed by atoms with van der Waals surface area (Å²) in [7, 11) is 0. The van der Waals surface area contributed by atoms with E-state index in [1.54, 1.807) is 0 Å². The molecule has 1 aliphatic carbocycles. The fourth-order valence-corrected chi connectivity index (χ4v) is 5.02. The van der Waals surface area contributed by atoms with E-state index in [9.17, 15) is 0 Å². The Hall–Kier alpha value is -1.56. The van der Waals surface area contributed by atoms with Crippen molar-refractivity contribution < 1.29 is 0 Å². The third-order valence-electron chi connectivity index (χ3n) is 6.63. The van der Waals surface area contributed by atoms with Crippen LogP contribution in [0.2, 0.25) is 0 Å². The first-order chi connectivity index (χ1) is 13.4. The topological polar surface area (TPSA) is 49.6 Å². The SMILES string of the molecule is Cl.c1c(N2CCCCC2)nc2nc(C3CCCCC3)nn2c1N1CCCCC1. The number of nitrogens with zero attached hydrogens (tertiary/aromatic N) is 6. The van der Waals surface area contributed by atoms with Crippen LogP contribution in [-0.4, -0.2) is 45.8 Å². The first kappa shape index (κ1) is 19.7. The molecule has 2 saturated heterocycles. The Balaban J connectivity index is 0.00000192. The summed E-state index contributed by atoms with van der Waals surface area (Å²) in [6, 6.07) is 2.28. The quantitative estimate of drug-likeness (QED) is 0.749. The van der Waals surface area contributed by atoms with E-state index in [-0.39, 0.29) is 12.4 Å². The zero-order valence-corrected chi connectivity index (χ0v) is 17.7. The van der Waals surface area contributed by atoms with E-state index in [4.69, 9.17) is 15.1 Å². The van der Waals surface area contributed by atoms with Crippen molar-refractivity contribution in [1.82, 2.24) is 19.6 Å². The van der Waals surface area contributed by atoms with Crippen LogP contribution in [0, 0.1) is 0 Å². The lowest BCUT2D eigenvalue weighted by Crippen LogP contribution is -2.33. The average molecular weight is 405 g/mol. The van der Waals surface area contributed by atoms with Crippen molar-refractivity contribution in [1.29, 1.82) is 0 Å². The van der Waals surface area contributed by atoms with Crippen molar-refractivity contribution in [3.8, 4) is 0 Å². The first-order valence-corrected chi connectivity index (χ1v) is 11.2. The molecular formula is C21H33ClN6. The lowest BCUT2D eigenvalue weighted by Gasteiger charge is -2.31. The average Bonchev–Trinajstić information content (AvgIpc) is 3.19. The Kier molecular flexibility index (Phi) is 6.24. The van der Waals surface area contributed by atoms with Gasteiger partial charge >= 0.3 is 0 Å². The molecule has 28 heavy (non-hydrogen) atoms. The Morgan fingerprint density at radius 1 is 0.714 bits per heavy atom. The molecule has 2 aromatic rings. The molecule has 2 aliphatic heterocycles. The van der Waals surface area contributed by atoms with Gasteiger partial charge in [0.1, 0.15) is 11.6 Å². The highest BCUT2D eigenvalue weighted by Gasteiger charge is 2.24. The molecule has 3 fully saturated rings. The van der Waals surface area contributed by atoms with Gasteiger partial charge in [-0.05, 0) is 51.4 Å². The van der Waals surface area contributed by atoms with Gasteiger partial charge in [-0.25, -0.2) is 0 Å². The van der Waals surface area contributed by atoms with Crippen molar-refractivity contribution in [3.63, 3.8) is 0 Å². The van der Waals surface area contributed by atoms with Gasteiger partial charge in [-0.3, -0.25) is 0 Å². The molecule has 154 valence electrons. The van der Waals surface area contributed by atoms with Crippen molar-refractivity contribution in [2.75, 3.05) is 36.0 Å². The summed E-state index contributed by atoms with van der Waals surface area (Å²) in [6.07, 6.45) is 14.2. The van der Waals surface area contributed by atoms with Gasteiger partial charge in [0.2, 0.25) is 0 Å². The highest BCUT2D eigenvalue weighted by molar-refractivity contribution is 5.85. The molecule has 0 spiro atoms. The maximum Gasteiger partial charge on any atom is 0.256 e. The van der Waals surface area contributed by atoms with Crippen LogP contribution in [0.3, 0.4) is 0 Å². The second kappa shape index (κ2) is 8.85. The molecule has 0 aromatic carbocycles. The maximum atomic E-state index is 4.98. The number of hydrogen-bond acceptors (Lipinski definition) is 5. The summed E-state index contributed by atoms with van der Waals surface area (Å²) in [6.45, 7) is 4.48. The number of fused-ring (bicyclic) bond motifs is 1. The maximum absolute atomic E-state index is 4.98. The van der Waals surface area contributed by atoms with Gasteiger partial charge in [-0.15, -0.1) is 17.5 Å². The van der Waals surface area contributed by atoms with Crippen molar-refractivity contribution in [2.24, 2.45) is 0 Å². The van der Waals surface area contributed by atoms with Gasteiger partial charge in [0.05, 0.1) is 0 Å². The van der Waals surface area contributed by atoms with E-state index in [1.165, 1.54) is 76.4 Å². The van der Waals surface area contributed by atoms with E-state index in [0.717, 1.165) is 43.6 Å². The monoisotopic (exact) mass is 404 g/mol. The minimum absolute atomic E-state index is 0. The Labute approximate surface area is 174 Å². The number of rotatable bonds is 3. The Morgan fingerprint density at radius 2 is 1.32 bits per heavy atom. The summed E-state index contributed by atoms with van der Waals surface area (Å²) < 4.78 is 2.04. The van der Waals surface area contributed by atoms with Crippen LogP contribution in [-0.2, 0) is 0 Å². The minimum atomic E-state index is 0. The smallest absolute Gasteiger partial charge is 0.256 e. The molecule has 0 bridgehead atoms. The van der Waals surface area contributed by atoms with Crippen molar-refractivity contribution in [3.05, 3.63) is 11.9 Å². The molecule has 1 saturated carbocycles. The van der Waals surface area contributed by atoms with Gasteiger partial charge < -0.3 is 9.80 Å². The molecule has 4 heterocycles. The molecule has 5 rings (SSSR count). The zero-order valence-electron chi connectivity index (χ0n) is 16.9. The second-order valence-corrected chi connectivity index (χ2v) is 8.58. The molecule has 0 atom stereocenters. The molecule has 0 radical (unpaired) electrons. The van der Waals surface area contributed by atoms with E-state index >= 15 is 0 Å². The predicted octanol–water partition coefficient (Wildman–Crippen LogP) is 4.57. The Bertz CT molecular complexity index is 773. The Morgan fingerprint density at radius 3 is 2.00 bits per heavy atom. The minimum Gasteiger partial charge on any atom is -0.356 e. The lowest BCUT2D eigenvalue weighted by atomic mass is 9.89. The van der Waals surface area contributed by atoms with E-state index in [1.807, 2.05) is 4.52 Å². The molecule has 3 aliphatic rings. The van der Waals surface area contributed by atoms with Crippen molar-refractivity contribution >= 4 is 29.8 Å². The van der Waals surface area contributed by atoms with E-state index in [2.05, 4.69) is 15.9 Å². The lowest BCUT2D eigenvalue weighted by molar-refractivity contribution is 0.429. The summed E-state index contributed by atoms with van der Waals surface area (Å²) in [5.41, 5.74) is 0. The summed E-state index contributed by atoms with van der Waals surface area (Å²) >= 11 is 0. The van der Waals surface area contributed by atoms with Crippen LogP contribution in [0.25, 0.3) is 5.78 Å². The summed E-state index contributed by atoms with van der Waals surface area (Å²) in [4.78, 5) is 14.8. The fraction of sp³-hybridized carbons (Fsp3) is 0.762. The van der Waals surface area contributed by atoms with E-state index < -0.39 is 0 Å². The van der Waals surface area contributed by atoms with Crippen LogP contribution < -0.4 is 9.80 Å². The number of hydrogen-bond donors (Lipinski definition) is 0. The third kappa shape index (κ3) is 3.93. The predicted molar refractivity (Wildman–Crippen MR) is 116 cm³/mol. The second-order valence-electron chi connectivity index (χ2n) is 8.58. The standard InChI is InChI=1S/C21H32N6.ClH/c1-4-10-17(11-5-1)20-23-21-22-18(25-12-6-2-7-13-25)16-19(27(21)24-20)26-14-8-3-9-15-26;/h16-17H,1-15H2;1H. The molecule has 2 aromatic heterocycles. The highest BCUT2D eigenvalue weighted by atomic mass is 35.5. The van der Waals surface area contributed by atoms with Crippen LogP contribution >= 0.6 is 12.4 Å². The first-order valence-electron chi connectivity index (χ1n) is 11.2.